The molecule has 0 spiro atoms. The van der Waals surface area contributed by atoms with Crippen molar-refractivity contribution in [2.75, 3.05) is 18.9 Å². The molecule has 0 aliphatic heterocycles. The van der Waals surface area contributed by atoms with Crippen LogP contribution in [0.3, 0.4) is 0 Å². The van der Waals surface area contributed by atoms with E-state index in [-0.39, 0.29) is 19.1 Å². The van der Waals surface area contributed by atoms with Crippen LogP contribution in [0.1, 0.15) is 28.7 Å². The van der Waals surface area contributed by atoms with E-state index in [4.69, 9.17) is 10.5 Å². The summed E-state index contributed by atoms with van der Waals surface area (Å²) in [5, 5.41) is 22.9. The van der Waals surface area contributed by atoms with Gasteiger partial charge >= 0.3 is 6.09 Å². The summed E-state index contributed by atoms with van der Waals surface area (Å²) in [4.78, 5) is 16.1. The molecular formula is C23H23N3O4. The van der Waals surface area contributed by atoms with E-state index in [0.717, 1.165) is 22.3 Å². The third-order valence-electron chi connectivity index (χ3n) is 5.29. The number of anilines is 1. The molecule has 0 saturated heterocycles. The van der Waals surface area contributed by atoms with Crippen molar-refractivity contribution in [1.29, 1.82) is 0 Å². The summed E-state index contributed by atoms with van der Waals surface area (Å²) < 4.78 is 5.42. The fourth-order valence-corrected chi connectivity index (χ4v) is 3.81. The molecule has 7 nitrogen and oxygen atoms in total. The van der Waals surface area contributed by atoms with Crippen LogP contribution in [0.4, 0.5) is 10.5 Å². The molecule has 2 unspecified atom stereocenters. The average Bonchev–Trinajstić information content (AvgIpc) is 3.09. The van der Waals surface area contributed by atoms with Crippen LogP contribution in [-0.2, 0) is 4.74 Å². The van der Waals surface area contributed by atoms with Crippen LogP contribution in [0.2, 0.25) is 0 Å². The van der Waals surface area contributed by atoms with E-state index in [1.54, 1.807) is 0 Å². The number of hydrogen-bond acceptors (Lipinski definition) is 6. The third kappa shape index (κ3) is 3.98. The zero-order valence-electron chi connectivity index (χ0n) is 16.2. The largest absolute Gasteiger partial charge is 0.449 e. The summed E-state index contributed by atoms with van der Waals surface area (Å²) >= 11 is 0. The standard InChI is InChI=1S/C23H23N3O4/c24-15-9-14(10-25-11-15)22(28)21(27)12-26-23(29)30-13-20-18-7-3-1-5-16(18)17-6-2-4-8-19(17)20/h1-11,20-22,27-28H,12-13,24H2,(H,26,29). The molecule has 2 atom stereocenters. The monoisotopic (exact) mass is 405 g/mol. The number of nitrogens with zero attached hydrogens (tertiary/aromatic N) is 1. The summed E-state index contributed by atoms with van der Waals surface area (Å²) in [6, 6.07) is 17.7. The van der Waals surface area contributed by atoms with Crippen LogP contribution < -0.4 is 11.1 Å². The fourth-order valence-electron chi connectivity index (χ4n) is 3.81. The summed E-state index contributed by atoms with van der Waals surface area (Å²) in [5.41, 5.74) is 10.9. The van der Waals surface area contributed by atoms with Crippen LogP contribution in [0, 0.1) is 0 Å². The second-order valence-corrected chi connectivity index (χ2v) is 7.27. The number of nitrogens with two attached hydrogens (primary N) is 1. The number of aromatic nitrogens is 1. The molecule has 4 rings (SSSR count). The highest BCUT2D eigenvalue weighted by molar-refractivity contribution is 5.79. The minimum Gasteiger partial charge on any atom is -0.449 e. The highest BCUT2D eigenvalue weighted by Crippen LogP contribution is 2.44. The number of nitrogen functional groups attached to an aromatic ring is 1. The van der Waals surface area contributed by atoms with Crippen molar-refractivity contribution >= 4 is 11.8 Å². The highest BCUT2D eigenvalue weighted by atomic mass is 16.5. The van der Waals surface area contributed by atoms with Gasteiger partial charge in [0, 0.05) is 30.4 Å². The summed E-state index contributed by atoms with van der Waals surface area (Å²) in [7, 11) is 0. The Morgan fingerprint density at radius 1 is 1.07 bits per heavy atom. The molecule has 2 aromatic carbocycles. The van der Waals surface area contributed by atoms with Gasteiger partial charge in [0.05, 0.1) is 5.69 Å². The van der Waals surface area contributed by atoms with Gasteiger partial charge in [-0.05, 0) is 28.3 Å². The van der Waals surface area contributed by atoms with E-state index in [0.29, 0.717) is 11.3 Å². The van der Waals surface area contributed by atoms with Crippen LogP contribution >= 0.6 is 0 Å². The quantitative estimate of drug-likeness (QED) is 0.501. The van der Waals surface area contributed by atoms with E-state index in [2.05, 4.69) is 22.4 Å². The number of benzene rings is 2. The summed E-state index contributed by atoms with van der Waals surface area (Å²) in [6.07, 6.45) is -0.257. The van der Waals surface area contributed by atoms with Crippen LogP contribution in [0.25, 0.3) is 11.1 Å². The first-order valence-electron chi connectivity index (χ1n) is 9.70. The lowest BCUT2D eigenvalue weighted by molar-refractivity contribution is 0.0184. The molecule has 5 N–H and O–H groups in total. The van der Waals surface area contributed by atoms with E-state index in [9.17, 15) is 15.0 Å². The lowest BCUT2D eigenvalue weighted by atomic mass is 9.98. The van der Waals surface area contributed by atoms with Crippen molar-refractivity contribution in [3.05, 3.63) is 83.7 Å². The second-order valence-electron chi connectivity index (χ2n) is 7.27. The number of fused-ring (bicyclic) bond motifs is 3. The highest BCUT2D eigenvalue weighted by Gasteiger charge is 2.29. The smallest absolute Gasteiger partial charge is 0.407 e. The van der Waals surface area contributed by atoms with Crippen LogP contribution in [-0.4, -0.2) is 40.5 Å². The van der Waals surface area contributed by atoms with Crippen LogP contribution in [0.15, 0.2) is 67.0 Å². The lowest BCUT2D eigenvalue weighted by Crippen LogP contribution is -2.36. The molecule has 0 radical (unpaired) electrons. The van der Waals surface area contributed by atoms with Gasteiger partial charge in [0.15, 0.2) is 0 Å². The first-order chi connectivity index (χ1) is 14.5. The number of aliphatic hydroxyl groups is 2. The van der Waals surface area contributed by atoms with E-state index in [1.165, 1.54) is 18.5 Å². The number of pyridine rings is 1. The molecule has 30 heavy (non-hydrogen) atoms. The van der Waals surface area contributed by atoms with Crippen molar-refractivity contribution < 1.29 is 19.7 Å². The number of hydrogen-bond donors (Lipinski definition) is 4. The molecule has 1 amide bonds. The molecular weight excluding hydrogens is 382 g/mol. The van der Waals surface area contributed by atoms with Crippen molar-refractivity contribution in [2.24, 2.45) is 0 Å². The van der Waals surface area contributed by atoms with Gasteiger partial charge in [-0.2, -0.15) is 0 Å². The number of carbonyl (C=O) groups excluding carboxylic acids is 1. The van der Waals surface area contributed by atoms with Gasteiger partial charge in [-0.25, -0.2) is 4.79 Å². The van der Waals surface area contributed by atoms with Crippen molar-refractivity contribution in [3.63, 3.8) is 0 Å². The van der Waals surface area contributed by atoms with Gasteiger partial charge in [-0.1, -0.05) is 48.5 Å². The Hall–Kier alpha value is -3.42. The maximum Gasteiger partial charge on any atom is 0.407 e. The van der Waals surface area contributed by atoms with Gasteiger partial charge in [-0.3, -0.25) is 4.98 Å². The topological polar surface area (TPSA) is 118 Å². The van der Waals surface area contributed by atoms with E-state index >= 15 is 0 Å². The summed E-state index contributed by atoms with van der Waals surface area (Å²) in [5.74, 6) is -0.0444. The van der Waals surface area contributed by atoms with Gasteiger partial charge in [0.2, 0.25) is 0 Å². The van der Waals surface area contributed by atoms with Gasteiger partial charge in [-0.15, -0.1) is 0 Å². The molecule has 1 heterocycles. The Morgan fingerprint density at radius 2 is 1.70 bits per heavy atom. The average molecular weight is 405 g/mol. The van der Waals surface area contributed by atoms with Gasteiger partial charge in [0.1, 0.15) is 18.8 Å². The number of amides is 1. The number of nitrogens with one attached hydrogen (secondary N) is 1. The fraction of sp³-hybridized carbons (Fsp3) is 0.217. The number of carbonyl (C=O) groups is 1. The van der Waals surface area contributed by atoms with Crippen molar-refractivity contribution in [2.45, 2.75) is 18.1 Å². The molecule has 154 valence electrons. The SMILES string of the molecule is Nc1cncc(C(O)C(O)CNC(=O)OCC2c3ccccc3-c3ccccc32)c1. The second kappa shape index (κ2) is 8.52. The number of aliphatic hydroxyl groups excluding tert-OH is 2. The maximum absolute atomic E-state index is 12.2. The normalized spacial score (nSPS) is 14.5. The Balaban J connectivity index is 1.34. The minimum atomic E-state index is -1.23. The maximum atomic E-state index is 12.2. The number of ether oxygens (including phenoxy) is 1. The molecule has 3 aromatic rings. The van der Waals surface area contributed by atoms with E-state index in [1.807, 2.05) is 36.4 Å². The predicted molar refractivity (Wildman–Crippen MR) is 113 cm³/mol. The Morgan fingerprint density at radius 3 is 2.33 bits per heavy atom. The van der Waals surface area contributed by atoms with Crippen LogP contribution in [0.5, 0.6) is 0 Å². The number of alkyl carbamates (subject to hydrolysis) is 1. The van der Waals surface area contributed by atoms with E-state index < -0.39 is 18.3 Å². The Bertz CT molecular complexity index is 1010. The first-order valence-corrected chi connectivity index (χ1v) is 9.70. The molecule has 0 bridgehead atoms. The zero-order chi connectivity index (χ0) is 21.1. The molecule has 0 saturated carbocycles. The number of rotatable bonds is 6. The molecule has 1 aliphatic carbocycles. The predicted octanol–water partition coefficient (Wildman–Crippen LogP) is 2.60. The van der Waals surface area contributed by atoms with Gasteiger partial charge < -0.3 is 26.0 Å². The first kappa shape index (κ1) is 19.9. The zero-order valence-corrected chi connectivity index (χ0v) is 16.2. The Kier molecular flexibility index (Phi) is 5.65. The molecule has 1 aromatic heterocycles. The lowest BCUT2D eigenvalue weighted by Gasteiger charge is -2.19. The van der Waals surface area contributed by atoms with Crippen molar-refractivity contribution in [1.82, 2.24) is 10.3 Å². The van der Waals surface area contributed by atoms with Gasteiger partial charge in [0.25, 0.3) is 0 Å². The minimum absolute atomic E-state index is 0.0444. The Labute approximate surface area is 174 Å². The third-order valence-corrected chi connectivity index (χ3v) is 5.29. The van der Waals surface area contributed by atoms with Crippen molar-refractivity contribution in [3.8, 4) is 11.1 Å². The molecule has 1 aliphatic rings. The summed E-state index contributed by atoms with van der Waals surface area (Å²) in [6.45, 7) is 0.00425. The molecule has 7 heteroatoms. The molecule has 0 fully saturated rings.